The largest absolute Gasteiger partial charge is 0.396 e. The van der Waals surface area contributed by atoms with Crippen molar-refractivity contribution in [1.82, 2.24) is 10.6 Å². The fraction of sp³-hybridized carbons (Fsp3) is 0.706. The molecule has 0 aliphatic heterocycles. The fourth-order valence-electron chi connectivity index (χ4n) is 3.22. The van der Waals surface area contributed by atoms with E-state index < -0.39 is 0 Å². The van der Waals surface area contributed by atoms with Gasteiger partial charge in [0.2, 0.25) is 0 Å². The summed E-state index contributed by atoms with van der Waals surface area (Å²) in [6, 6.07) is 2.12. The molecule has 0 spiro atoms. The molecule has 0 saturated heterocycles. The number of rotatable bonds is 7. The zero-order chi connectivity index (χ0) is 15.7. The summed E-state index contributed by atoms with van der Waals surface area (Å²) in [4.78, 5) is 4.67. The molecule has 3 N–H and O–H groups in total. The third kappa shape index (κ3) is 5.29. The van der Waals surface area contributed by atoms with Gasteiger partial charge in [0.25, 0.3) is 0 Å². The number of aliphatic hydroxyl groups excluding tert-OH is 1. The lowest BCUT2D eigenvalue weighted by Crippen LogP contribution is -2.44. The summed E-state index contributed by atoms with van der Waals surface area (Å²) in [6.45, 7) is 4.85. The second kappa shape index (κ2) is 9.16. The molecule has 4 nitrogen and oxygen atoms in total. The first kappa shape index (κ1) is 17.3. The van der Waals surface area contributed by atoms with E-state index in [2.05, 4.69) is 39.4 Å². The molecule has 22 heavy (non-hydrogen) atoms. The number of aliphatic hydroxyl groups is 1. The molecular formula is C17H29N3OS. The number of thiophene rings is 1. The van der Waals surface area contributed by atoms with Gasteiger partial charge in [-0.1, -0.05) is 19.3 Å². The van der Waals surface area contributed by atoms with Gasteiger partial charge < -0.3 is 15.7 Å². The van der Waals surface area contributed by atoms with E-state index in [4.69, 9.17) is 0 Å². The number of hydrogen-bond donors (Lipinski definition) is 3. The Bertz CT molecular complexity index is 433. The first-order valence-electron chi connectivity index (χ1n) is 8.42. The molecule has 0 bridgehead atoms. The minimum Gasteiger partial charge on any atom is -0.396 e. The number of guanidine groups is 1. The normalized spacial score (nSPS) is 18.2. The van der Waals surface area contributed by atoms with Crippen LogP contribution >= 0.6 is 11.3 Å². The van der Waals surface area contributed by atoms with E-state index >= 15 is 0 Å². The average Bonchev–Trinajstić information content (AvgIpc) is 3.05. The van der Waals surface area contributed by atoms with Crippen molar-refractivity contribution in [2.24, 2.45) is 10.4 Å². The van der Waals surface area contributed by atoms with Gasteiger partial charge in [-0.15, -0.1) is 0 Å². The van der Waals surface area contributed by atoms with Crippen LogP contribution in [-0.4, -0.2) is 30.8 Å². The number of hydrogen-bond acceptors (Lipinski definition) is 3. The summed E-state index contributed by atoms with van der Waals surface area (Å²) in [5, 5.41) is 20.5. The summed E-state index contributed by atoms with van der Waals surface area (Å²) in [5.41, 5.74) is 1.50. The standard InChI is InChI=1S/C17H29N3OS/c1-2-18-16(19-12-15-6-11-22-13-15)20-14-17(9-10-21)7-4-3-5-8-17/h6,11,13,21H,2-5,7-10,12,14H2,1H3,(H2,18,19,20). The van der Waals surface area contributed by atoms with E-state index in [0.717, 1.165) is 25.5 Å². The van der Waals surface area contributed by atoms with Crippen LogP contribution in [0.4, 0.5) is 0 Å². The number of nitrogens with one attached hydrogen (secondary N) is 2. The van der Waals surface area contributed by atoms with Crippen molar-refractivity contribution in [1.29, 1.82) is 0 Å². The maximum atomic E-state index is 9.41. The van der Waals surface area contributed by atoms with Gasteiger partial charge in [-0.05, 0) is 54.0 Å². The van der Waals surface area contributed by atoms with Gasteiger partial charge in [0, 0.05) is 19.7 Å². The van der Waals surface area contributed by atoms with Crippen molar-refractivity contribution in [3.05, 3.63) is 22.4 Å². The highest BCUT2D eigenvalue weighted by molar-refractivity contribution is 7.07. The minimum absolute atomic E-state index is 0.242. The smallest absolute Gasteiger partial charge is 0.191 e. The van der Waals surface area contributed by atoms with E-state index in [1.54, 1.807) is 11.3 Å². The molecule has 0 atom stereocenters. The van der Waals surface area contributed by atoms with Crippen LogP contribution in [0, 0.1) is 5.41 Å². The molecule has 2 rings (SSSR count). The Balaban J connectivity index is 1.92. The van der Waals surface area contributed by atoms with Gasteiger partial charge in [0.05, 0.1) is 6.54 Å². The maximum Gasteiger partial charge on any atom is 0.191 e. The number of nitrogens with zero attached hydrogens (tertiary/aromatic N) is 1. The van der Waals surface area contributed by atoms with Crippen molar-refractivity contribution in [3.63, 3.8) is 0 Å². The Hall–Kier alpha value is -1.07. The van der Waals surface area contributed by atoms with Crippen LogP contribution in [-0.2, 0) is 6.54 Å². The van der Waals surface area contributed by atoms with Gasteiger partial charge in [0.15, 0.2) is 5.96 Å². The zero-order valence-electron chi connectivity index (χ0n) is 13.6. The van der Waals surface area contributed by atoms with Gasteiger partial charge in [0.1, 0.15) is 0 Å². The van der Waals surface area contributed by atoms with E-state index in [1.165, 1.54) is 37.7 Å². The predicted octanol–water partition coefficient (Wildman–Crippen LogP) is 3.14. The molecule has 1 saturated carbocycles. The van der Waals surface area contributed by atoms with E-state index in [-0.39, 0.29) is 12.0 Å². The molecule has 1 heterocycles. The lowest BCUT2D eigenvalue weighted by atomic mass is 9.72. The quantitative estimate of drug-likeness (QED) is 0.534. The van der Waals surface area contributed by atoms with Crippen LogP contribution in [0.25, 0.3) is 0 Å². The van der Waals surface area contributed by atoms with E-state index in [9.17, 15) is 5.11 Å². The van der Waals surface area contributed by atoms with E-state index in [1.807, 2.05) is 0 Å². The van der Waals surface area contributed by atoms with Crippen molar-refractivity contribution >= 4 is 17.3 Å². The Labute approximate surface area is 138 Å². The van der Waals surface area contributed by atoms with Gasteiger partial charge in [-0.2, -0.15) is 11.3 Å². The maximum absolute atomic E-state index is 9.41. The molecule has 1 aliphatic rings. The Morgan fingerprint density at radius 3 is 2.77 bits per heavy atom. The zero-order valence-corrected chi connectivity index (χ0v) is 14.4. The summed E-state index contributed by atoms with van der Waals surface area (Å²) in [7, 11) is 0. The first-order valence-corrected chi connectivity index (χ1v) is 9.36. The summed E-state index contributed by atoms with van der Waals surface area (Å²) >= 11 is 1.71. The van der Waals surface area contributed by atoms with Crippen molar-refractivity contribution < 1.29 is 5.11 Å². The van der Waals surface area contributed by atoms with E-state index in [0.29, 0.717) is 6.54 Å². The Morgan fingerprint density at radius 1 is 1.32 bits per heavy atom. The van der Waals surface area contributed by atoms with Crippen molar-refractivity contribution in [2.75, 3.05) is 19.7 Å². The fourth-order valence-corrected chi connectivity index (χ4v) is 3.88. The van der Waals surface area contributed by atoms with Gasteiger partial charge in [-0.3, -0.25) is 0 Å². The average molecular weight is 324 g/mol. The molecule has 0 radical (unpaired) electrons. The summed E-state index contributed by atoms with van der Waals surface area (Å²) < 4.78 is 0. The monoisotopic (exact) mass is 323 g/mol. The van der Waals surface area contributed by atoms with Crippen LogP contribution in [0.1, 0.15) is 51.0 Å². The number of aliphatic imine (C=N–C) groups is 1. The highest BCUT2D eigenvalue weighted by Crippen LogP contribution is 2.38. The molecule has 0 amide bonds. The molecule has 1 aliphatic carbocycles. The Kier molecular flexibility index (Phi) is 7.19. The lowest BCUT2D eigenvalue weighted by Gasteiger charge is -2.37. The molecular weight excluding hydrogens is 294 g/mol. The first-order chi connectivity index (χ1) is 10.8. The topological polar surface area (TPSA) is 56.7 Å². The second-order valence-electron chi connectivity index (χ2n) is 6.21. The van der Waals surface area contributed by atoms with Crippen LogP contribution in [0.5, 0.6) is 0 Å². The van der Waals surface area contributed by atoms with Crippen molar-refractivity contribution in [3.8, 4) is 0 Å². The molecule has 1 aromatic heterocycles. The van der Waals surface area contributed by atoms with Gasteiger partial charge in [-0.25, -0.2) is 4.99 Å². The summed E-state index contributed by atoms with van der Waals surface area (Å²) in [6.07, 6.45) is 7.22. The van der Waals surface area contributed by atoms with Crippen LogP contribution in [0.15, 0.2) is 21.8 Å². The SMILES string of the molecule is CCNC(=NCc1ccsc1)NCC1(CCO)CCCCC1. The molecule has 5 heteroatoms. The lowest BCUT2D eigenvalue weighted by molar-refractivity contribution is 0.131. The molecule has 0 unspecified atom stereocenters. The molecule has 1 fully saturated rings. The third-order valence-corrected chi connectivity index (χ3v) is 5.26. The highest BCUT2D eigenvalue weighted by Gasteiger charge is 2.31. The van der Waals surface area contributed by atoms with Gasteiger partial charge >= 0.3 is 0 Å². The molecule has 1 aromatic rings. The molecule has 0 aromatic carbocycles. The third-order valence-electron chi connectivity index (χ3n) is 4.53. The summed E-state index contributed by atoms with van der Waals surface area (Å²) in [5.74, 6) is 0.886. The second-order valence-corrected chi connectivity index (χ2v) is 6.99. The van der Waals surface area contributed by atoms with Crippen LogP contribution in [0.3, 0.4) is 0 Å². The van der Waals surface area contributed by atoms with Crippen LogP contribution < -0.4 is 10.6 Å². The van der Waals surface area contributed by atoms with Crippen LogP contribution in [0.2, 0.25) is 0 Å². The van der Waals surface area contributed by atoms with Crippen molar-refractivity contribution in [2.45, 2.75) is 52.0 Å². The minimum atomic E-state index is 0.242. The molecule has 124 valence electrons. The highest BCUT2D eigenvalue weighted by atomic mass is 32.1. The predicted molar refractivity (Wildman–Crippen MR) is 94.4 cm³/mol. The Morgan fingerprint density at radius 2 is 2.14 bits per heavy atom.